The highest BCUT2D eigenvalue weighted by molar-refractivity contribution is 5.63. The molecule has 0 radical (unpaired) electrons. The molecular formula is C15H16N2O3. The van der Waals surface area contributed by atoms with E-state index in [1.807, 2.05) is 26.0 Å². The van der Waals surface area contributed by atoms with Crippen LogP contribution in [0.15, 0.2) is 42.5 Å². The van der Waals surface area contributed by atoms with E-state index in [0.29, 0.717) is 11.3 Å². The Bertz CT molecular complexity index is 641. The molecule has 2 N–H and O–H groups in total. The van der Waals surface area contributed by atoms with E-state index in [1.54, 1.807) is 24.3 Å². The first kappa shape index (κ1) is 13.9. The molecule has 1 unspecified atom stereocenters. The van der Waals surface area contributed by atoms with Crippen LogP contribution in [0.4, 0.5) is 11.4 Å². The van der Waals surface area contributed by atoms with Gasteiger partial charge in [0.05, 0.1) is 11.0 Å². The molecule has 0 heterocycles. The Kier molecular flexibility index (Phi) is 3.89. The van der Waals surface area contributed by atoms with Gasteiger partial charge in [-0.1, -0.05) is 24.3 Å². The van der Waals surface area contributed by atoms with Gasteiger partial charge in [0, 0.05) is 11.6 Å². The lowest BCUT2D eigenvalue weighted by atomic mass is 10.1. The Morgan fingerprint density at radius 3 is 2.60 bits per heavy atom. The highest BCUT2D eigenvalue weighted by Gasteiger charge is 2.17. The molecule has 0 saturated heterocycles. The average Bonchev–Trinajstić information content (AvgIpc) is 2.41. The summed E-state index contributed by atoms with van der Waals surface area (Å²) in [6.07, 6.45) is 0. The first-order valence-electron chi connectivity index (χ1n) is 6.28. The van der Waals surface area contributed by atoms with Gasteiger partial charge in [0.1, 0.15) is 11.4 Å². The molecule has 2 rings (SSSR count). The molecule has 0 bridgehead atoms. The summed E-state index contributed by atoms with van der Waals surface area (Å²) in [6.45, 7) is 3.65. The quantitative estimate of drug-likeness (QED) is 0.656. The third-order valence-electron chi connectivity index (χ3n) is 3.13. The zero-order chi connectivity index (χ0) is 14.7. The van der Waals surface area contributed by atoms with Crippen LogP contribution in [0.25, 0.3) is 0 Å². The Morgan fingerprint density at radius 1 is 1.25 bits per heavy atom. The van der Waals surface area contributed by atoms with Crippen molar-refractivity contribution in [1.29, 1.82) is 0 Å². The minimum absolute atomic E-state index is 0.0345. The van der Waals surface area contributed by atoms with Gasteiger partial charge in [0.2, 0.25) is 0 Å². The molecule has 0 aliphatic heterocycles. The van der Waals surface area contributed by atoms with E-state index in [4.69, 9.17) is 0 Å². The highest BCUT2D eigenvalue weighted by atomic mass is 16.6. The normalized spacial score (nSPS) is 11.9. The van der Waals surface area contributed by atoms with Crippen molar-refractivity contribution in [2.24, 2.45) is 0 Å². The molecule has 20 heavy (non-hydrogen) atoms. The molecule has 0 fully saturated rings. The molecule has 0 aliphatic rings. The molecule has 5 heteroatoms. The van der Waals surface area contributed by atoms with E-state index in [9.17, 15) is 15.2 Å². The molecule has 1 atom stereocenters. The van der Waals surface area contributed by atoms with Crippen LogP contribution in [0.2, 0.25) is 0 Å². The van der Waals surface area contributed by atoms with Gasteiger partial charge in [-0.2, -0.15) is 0 Å². The number of hydrogen-bond acceptors (Lipinski definition) is 4. The van der Waals surface area contributed by atoms with Crippen LogP contribution in [0.1, 0.15) is 24.1 Å². The van der Waals surface area contributed by atoms with E-state index >= 15 is 0 Å². The summed E-state index contributed by atoms with van der Waals surface area (Å²) in [7, 11) is 0. The Balaban J connectivity index is 2.31. The minimum atomic E-state index is -0.410. The number of nitrogens with zero attached hydrogens (tertiary/aromatic N) is 1. The van der Waals surface area contributed by atoms with Gasteiger partial charge in [-0.15, -0.1) is 0 Å². The third kappa shape index (κ3) is 2.88. The largest absolute Gasteiger partial charge is 0.508 e. The van der Waals surface area contributed by atoms with Crippen LogP contribution < -0.4 is 5.32 Å². The number of para-hydroxylation sites is 1. The zero-order valence-electron chi connectivity index (χ0n) is 11.3. The third-order valence-corrected chi connectivity index (χ3v) is 3.13. The number of aryl methyl sites for hydroxylation is 1. The van der Waals surface area contributed by atoms with Gasteiger partial charge in [0.25, 0.3) is 5.69 Å². The van der Waals surface area contributed by atoms with Crippen molar-refractivity contribution >= 4 is 11.4 Å². The standard InChI is InChI=1S/C15H16N2O3/c1-10-7-8-13(14(9-10)17(19)20)16-11(2)12-5-3-4-6-15(12)18/h3-9,11,16,18H,1-2H3. The summed E-state index contributed by atoms with van der Waals surface area (Å²) in [4.78, 5) is 10.7. The second-order valence-electron chi connectivity index (χ2n) is 4.70. The number of phenolic OH excluding ortho intramolecular Hbond substituents is 1. The Hall–Kier alpha value is -2.56. The maximum atomic E-state index is 11.1. The molecule has 2 aromatic carbocycles. The molecule has 0 aromatic heterocycles. The fourth-order valence-corrected chi connectivity index (χ4v) is 2.08. The predicted molar refractivity (Wildman–Crippen MR) is 78.0 cm³/mol. The monoisotopic (exact) mass is 272 g/mol. The number of rotatable bonds is 4. The SMILES string of the molecule is Cc1ccc(NC(C)c2ccccc2O)c([N+](=O)[O-])c1. The van der Waals surface area contributed by atoms with Crippen LogP contribution >= 0.6 is 0 Å². The number of hydrogen-bond donors (Lipinski definition) is 2. The number of benzene rings is 2. The lowest BCUT2D eigenvalue weighted by Crippen LogP contribution is -2.08. The van der Waals surface area contributed by atoms with Gasteiger partial charge in [-0.3, -0.25) is 10.1 Å². The van der Waals surface area contributed by atoms with E-state index in [1.165, 1.54) is 6.07 Å². The van der Waals surface area contributed by atoms with Crippen LogP contribution in [-0.4, -0.2) is 10.0 Å². The summed E-state index contributed by atoms with van der Waals surface area (Å²) in [6, 6.07) is 11.7. The van der Waals surface area contributed by atoms with Crippen molar-refractivity contribution in [1.82, 2.24) is 0 Å². The van der Waals surface area contributed by atoms with Crippen molar-refractivity contribution in [3.8, 4) is 5.75 Å². The van der Waals surface area contributed by atoms with Crippen LogP contribution in [0.5, 0.6) is 5.75 Å². The van der Waals surface area contributed by atoms with Gasteiger partial charge < -0.3 is 10.4 Å². The topological polar surface area (TPSA) is 75.4 Å². The van der Waals surface area contributed by atoms with Crippen molar-refractivity contribution in [3.63, 3.8) is 0 Å². The second-order valence-corrected chi connectivity index (χ2v) is 4.70. The minimum Gasteiger partial charge on any atom is -0.508 e. The van der Waals surface area contributed by atoms with Crippen molar-refractivity contribution in [2.45, 2.75) is 19.9 Å². The molecule has 2 aromatic rings. The molecule has 0 spiro atoms. The van der Waals surface area contributed by atoms with E-state index in [2.05, 4.69) is 5.32 Å². The highest BCUT2D eigenvalue weighted by Crippen LogP contribution is 2.31. The number of phenols is 1. The van der Waals surface area contributed by atoms with Gasteiger partial charge in [-0.05, 0) is 31.5 Å². The molecule has 0 amide bonds. The number of nitrogens with one attached hydrogen (secondary N) is 1. The number of aromatic hydroxyl groups is 1. The van der Waals surface area contributed by atoms with Gasteiger partial charge >= 0.3 is 0 Å². The summed E-state index contributed by atoms with van der Waals surface area (Å²) < 4.78 is 0. The first-order valence-corrected chi connectivity index (χ1v) is 6.28. The van der Waals surface area contributed by atoms with Crippen LogP contribution in [-0.2, 0) is 0 Å². The Labute approximate surface area is 117 Å². The average molecular weight is 272 g/mol. The number of nitro benzene ring substituents is 1. The zero-order valence-corrected chi connectivity index (χ0v) is 11.3. The summed E-state index contributed by atoms with van der Waals surface area (Å²) >= 11 is 0. The second kappa shape index (κ2) is 5.61. The fraction of sp³-hybridized carbons (Fsp3) is 0.200. The smallest absolute Gasteiger partial charge is 0.292 e. The maximum Gasteiger partial charge on any atom is 0.292 e. The van der Waals surface area contributed by atoms with E-state index < -0.39 is 4.92 Å². The van der Waals surface area contributed by atoms with Crippen LogP contribution in [0, 0.1) is 17.0 Å². The number of nitro groups is 1. The molecule has 0 aliphatic carbocycles. The van der Waals surface area contributed by atoms with Crippen molar-refractivity contribution < 1.29 is 10.0 Å². The first-order chi connectivity index (χ1) is 9.49. The van der Waals surface area contributed by atoms with Crippen molar-refractivity contribution in [2.75, 3.05) is 5.32 Å². The summed E-state index contributed by atoms with van der Waals surface area (Å²) in [5, 5.41) is 24.0. The summed E-state index contributed by atoms with van der Waals surface area (Å²) in [5.41, 5.74) is 2.00. The fourth-order valence-electron chi connectivity index (χ4n) is 2.08. The molecule has 5 nitrogen and oxygen atoms in total. The summed E-state index contributed by atoms with van der Waals surface area (Å²) in [5.74, 6) is 0.169. The van der Waals surface area contributed by atoms with E-state index in [-0.39, 0.29) is 17.5 Å². The Morgan fingerprint density at radius 2 is 1.95 bits per heavy atom. The van der Waals surface area contributed by atoms with Crippen molar-refractivity contribution in [3.05, 3.63) is 63.7 Å². The van der Waals surface area contributed by atoms with E-state index in [0.717, 1.165) is 5.56 Å². The lowest BCUT2D eigenvalue weighted by molar-refractivity contribution is -0.384. The number of anilines is 1. The van der Waals surface area contributed by atoms with Gasteiger partial charge in [0.15, 0.2) is 0 Å². The van der Waals surface area contributed by atoms with Crippen LogP contribution in [0.3, 0.4) is 0 Å². The predicted octanol–water partition coefficient (Wildman–Crippen LogP) is 3.78. The molecule has 0 saturated carbocycles. The molecule has 104 valence electrons. The molecular weight excluding hydrogens is 256 g/mol. The maximum absolute atomic E-state index is 11.1. The lowest BCUT2D eigenvalue weighted by Gasteiger charge is -2.17. The van der Waals surface area contributed by atoms with Gasteiger partial charge in [-0.25, -0.2) is 0 Å².